The number of Topliss-reactive ketones (excluding diaryl/α,β-unsaturated/α-hetero) is 1. The lowest BCUT2D eigenvalue weighted by Crippen LogP contribution is -2.62. The Morgan fingerprint density at radius 3 is 2.18 bits per heavy atom. The van der Waals surface area contributed by atoms with Crippen LogP contribution < -0.4 is 9.47 Å². The van der Waals surface area contributed by atoms with Crippen LogP contribution in [0.1, 0.15) is 24.2 Å². The molecule has 0 aliphatic carbocycles. The SMILES string of the molecule is CCN(C(=O)C(F)(F)C(F)(F)C(F)(F)F)C(C)C(=O)c1ccc2c(c1)OCO2. The Bertz CT molecular complexity index is 779. The largest absolute Gasteiger partial charge is 0.460 e. The maximum atomic E-state index is 13.7. The first-order valence-corrected chi connectivity index (χ1v) is 7.83. The smallest absolute Gasteiger partial charge is 0.454 e. The Morgan fingerprint density at radius 1 is 1.07 bits per heavy atom. The zero-order chi connectivity index (χ0) is 21.5. The quantitative estimate of drug-likeness (QED) is 0.524. The molecule has 5 nitrogen and oxygen atoms in total. The van der Waals surface area contributed by atoms with Gasteiger partial charge >= 0.3 is 23.9 Å². The highest BCUT2D eigenvalue weighted by Gasteiger charge is 2.77. The van der Waals surface area contributed by atoms with Crippen molar-refractivity contribution < 1.29 is 49.8 Å². The van der Waals surface area contributed by atoms with Gasteiger partial charge in [0.1, 0.15) is 0 Å². The highest BCUT2D eigenvalue weighted by Crippen LogP contribution is 2.47. The van der Waals surface area contributed by atoms with E-state index in [1.54, 1.807) is 0 Å². The number of alkyl halides is 7. The minimum absolute atomic E-state index is 0.0352. The molecule has 0 spiro atoms. The number of hydrogen-bond acceptors (Lipinski definition) is 4. The van der Waals surface area contributed by atoms with Crippen LogP contribution >= 0.6 is 0 Å². The third-order valence-electron chi connectivity index (χ3n) is 4.12. The third kappa shape index (κ3) is 3.47. The van der Waals surface area contributed by atoms with Crippen molar-refractivity contribution in [3.8, 4) is 11.5 Å². The Hall–Kier alpha value is -2.53. The number of nitrogens with zero attached hydrogens (tertiary/aromatic N) is 1. The average molecular weight is 417 g/mol. The predicted octanol–water partition coefficient (Wildman–Crippen LogP) is 3.67. The number of carbonyl (C=O) groups is 2. The number of ketones is 1. The normalized spacial score (nSPS) is 15.3. The molecule has 0 N–H and O–H groups in total. The second kappa shape index (κ2) is 7.13. The first kappa shape index (κ1) is 21.8. The minimum Gasteiger partial charge on any atom is -0.454 e. The Labute approximate surface area is 154 Å². The van der Waals surface area contributed by atoms with Crippen LogP contribution in [0.2, 0.25) is 0 Å². The Kier molecular flexibility index (Phi) is 5.55. The first-order chi connectivity index (χ1) is 12.8. The molecule has 1 aliphatic rings. The molecule has 0 saturated heterocycles. The zero-order valence-corrected chi connectivity index (χ0v) is 14.4. The number of fused-ring (bicyclic) bond motifs is 1. The summed E-state index contributed by atoms with van der Waals surface area (Å²) in [5.74, 6) is -16.0. The zero-order valence-electron chi connectivity index (χ0n) is 14.4. The number of likely N-dealkylation sites (N-methyl/N-ethyl adjacent to an activating group) is 1. The fourth-order valence-corrected chi connectivity index (χ4v) is 2.52. The van der Waals surface area contributed by atoms with E-state index >= 15 is 0 Å². The lowest BCUT2D eigenvalue weighted by atomic mass is 10.0. The highest BCUT2D eigenvalue weighted by atomic mass is 19.4. The van der Waals surface area contributed by atoms with Gasteiger partial charge in [-0.25, -0.2) is 0 Å². The maximum Gasteiger partial charge on any atom is 0.460 e. The van der Waals surface area contributed by atoms with E-state index in [0.29, 0.717) is 5.75 Å². The van der Waals surface area contributed by atoms with Crippen LogP contribution in [-0.4, -0.2) is 54.0 Å². The molecule has 0 radical (unpaired) electrons. The molecule has 1 heterocycles. The fourth-order valence-electron chi connectivity index (χ4n) is 2.52. The summed E-state index contributed by atoms with van der Waals surface area (Å²) >= 11 is 0. The van der Waals surface area contributed by atoms with Crippen LogP contribution in [0, 0.1) is 0 Å². The van der Waals surface area contributed by atoms with Gasteiger partial charge in [0, 0.05) is 12.1 Å². The number of benzene rings is 1. The summed E-state index contributed by atoms with van der Waals surface area (Å²) in [4.78, 5) is 24.3. The van der Waals surface area contributed by atoms with E-state index in [4.69, 9.17) is 9.47 Å². The summed E-state index contributed by atoms with van der Waals surface area (Å²) in [5.41, 5.74) is -0.131. The van der Waals surface area contributed by atoms with Crippen LogP contribution in [0.4, 0.5) is 30.7 Å². The number of carbonyl (C=O) groups excluding carboxylic acids is 2. The summed E-state index contributed by atoms with van der Waals surface area (Å²) in [7, 11) is 0. The summed E-state index contributed by atoms with van der Waals surface area (Å²) in [6.07, 6.45) is -6.66. The summed E-state index contributed by atoms with van der Waals surface area (Å²) < 4.78 is 101. The predicted molar refractivity (Wildman–Crippen MR) is 79.7 cm³/mol. The molecule has 28 heavy (non-hydrogen) atoms. The fraction of sp³-hybridized carbons (Fsp3) is 0.500. The van der Waals surface area contributed by atoms with E-state index < -0.39 is 42.3 Å². The van der Waals surface area contributed by atoms with Gasteiger partial charge < -0.3 is 14.4 Å². The molecular formula is C16H14F7NO4. The van der Waals surface area contributed by atoms with Gasteiger partial charge in [-0.2, -0.15) is 30.7 Å². The molecule has 0 saturated carbocycles. The van der Waals surface area contributed by atoms with Gasteiger partial charge in [0.2, 0.25) is 6.79 Å². The lowest BCUT2D eigenvalue weighted by molar-refractivity contribution is -0.346. The maximum absolute atomic E-state index is 13.7. The van der Waals surface area contributed by atoms with Crippen LogP contribution in [0.5, 0.6) is 11.5 Å². The van der Waals surface area contributed by atoms with Crippen LogP contribution in [-0.2, 0) is 4.79 Å². The van der Waals surface area contributed by atoms with E-state index in [0.717, 1.165) is 13.8 Å². The van der Waals surface area contributed by atoms with Gasteiger partial charge in [-0.3, -0.25) is 9.59 Å². The molecule has 1 aliphatic heterocycles. The van der Waals surface area contributed by atoms with Crippen molar-refractivity contribution in [2.75, 3.05) is 13.3 Å². The first-order valence-electron chi connectivity index (χ1n) is 7.83. The van der Waals surface area contributed by atoms with E-state index in [-0.39, 0.29) is 23.0 Å². The van der Waals surface area contributed by atoms with Crippen molar-refractivity contribution in [1.82, 2.24) is 4.90 Å². The number of halogens is 7. The van der Waals surface area contributed by atoms with Gasteiger partial charge in [0.25, 0.3) is 0 Å². The van der Waals surface area contributed by atoms with Gasteiger partial charge in [0.05, 0.1) is 6.04 Å². The molecule has 1 aromatic carbocycles. The lowest BCUT2D eigenvalue weighted by Gasteiger charge is -2.34. The van der Waals surface area contributed by atoms with Crippen molar-refractivity contribution in [3.05, 3.63) is 23.8 Å². The molecule has 1 aromatic rings. The van der Waals surface area contributed by atoms with Gasteiger partial charge in [0.15, 0.2) is 17.3 Å². The van der Waals surface area contributed by atoms with Gasteiger partial charge in [-0.1, -0.05) is 0 Å². The summed E-state index contributed by atoms with van der Waals surface area (Å²) in [6.45, 7) is 1.17. The summed E-state index contributed by atoms with van der Waals surface area (Å²) in [5, 5.41) is 0. The van der Waals surface area contributed by atoms with E-state index in [1.165, 1.54) is 18.2 Å². The van der Waals surface area contributed by atoms with E-state index in [1.807, 2.05) is 0 Å². The molecule has 1 atom stereocenters. The third-order valence-corrected chi connectivity index (χ3v) is 4.12. The highest BCUT2D eigenvalue weighted by molar-refractivity contribution is 6.02. The van der Waals surface area contributed by atoms with Gasteiger partial charge in [-0.05, 0) is 32.0 Å². The minimum atomic E-state index is -6.66. The topological polar surface area (TPSA) is 55.8 Å². The van der Waals surface area contributed by atoms with Crippen molar-refractivity contribution in [2.45, 2.75) is 37.9 Å². The Balaban J connectivity index is 2.30. The molecule has 2 rings (SSSR count). The van der Waals surface area contributed by atoms with Crippen LogP contribution in [0.15, 0.2) is 18.2 Å². The molecule has 156 valence electrons. The standard InChI is InChI=1S/C16H14F7NO4/c1-3-24(13(26)14(17,18)15(19,20)16(21,22)23)8(2)12(25)9-4-5-10-11(6-9)28-7-27-10/h4-6,8H,3,7H2,1-2H3. The van der Waals surface area contributed by atoms with Crippen molar-refractivity contribution in [2.24, 2.45) is 0 Å². The monoisotopic (exact) mass is 417 g/mol. The molecule has 0 aromatic heterocycles. The molecule has 0 fully saturated rings. The molecule has 1 amide bonds. The Morgan fingerprint density at radius 2 is 1.64 bits per heavy atom. The molecule has 12 heteroatoms. The summed E-state index contributed by atoms with van der Waals surface area (Å²) in [6, 6.07) is 1.98. The number of hydrogen-bond donors (Lipinski definition) is 0. The second-order valence-corrected chi connectivity index (χ2v) is 5.85. The second-order valence-electron chi connectivity index (χ2n) is 5.85. The van der Waals surface area contributed by atoms with E-state index in [2.05, 4.69) is 0 Å². The average Bonchev–Trinajstić information content (AvgIpc) is 3.07. The van der Waals surface area contributed by atoms with Crippen molar-refractivity contribution >= 4 is 11.7 Å². The van der Waals surface area contributed by atoms with E-state index in [9.17, 15) is 40.3 Å². The molecule has 1 unspecified atom stereocenters. The van der Waals surface area contributed by atoms with Crippen molar-refractivity contribution in [3.63, 3.8) is 0 Å². The van der Waals surface area contributed by atoms with Crippen LogP contribution in [0.3, 0.4) is 0 Å². The molecule has 0 bridgehead atoms. The number of amides is 1. The number of rotatable bonds is 6. The van der Waals surface area contributed by atoms with Gasteiger partial charge in [-0.15, -0.1) is 0 Å². The number of ether oxygens (including phenoxy) is 2. The van der Waals surface area contributed by atoms with Crippen molar-refractivity contribution in [1.29, 1.82) is 0 Å². The van der Waals surface area contributed by atoms with Crippen LogP contribution in [0.25, 0.3) is 0 Å². The molecular weight excluding hydrogens is 403 g/mol.